The predicted octanol–water partition coefficient (Wildman–Crippen LogP) is 5.74. The Bertz CT molecular complexity index is 854. The van der Waals surface area contributed by atoms with Gasteiger partial charge in [0.05, 0.1) is 5.25 Å². The predicted molar refractivity (Wildman–Crippen MR) is 108 cm³/mol. The molecule has 4 heteroatoms. The second kappa shape index (κ2) is 7.79. The Balaban J connectivity index is 1.69. The standard InChI is InChI=1S/C21H24N2OS/c1-4-14(2)23-16-9-11-17(12-10-16)25-15(3)21(24)19-13-22-20-8-6-5-7-18(19)20/h5-15,22-23H,4H2,1-3H3. The van der Waals surface area contributed by atoms with Crippen molar-refractivity contribution in [2.24, 2.45) is 0 Å². The molecule has 1 aromatic heterocycles. The molecule has 25 heavy (non-hydrogen) atoms. The van der Waals surface area contributed by atoms with Crippen molar-refractivity contribution in [2.45, 2.75) is 43.4 Å². The summed E-state index contributed by atoms with van der Waals surface area (Å²) in [6.45, 7) is 6.31. The fourth-order valence-electron chi connectivity index (χ4n) is 2.77. The van der Waals surface area contributed by atoms with E-state index in [-0.39, 0.29) is 11.0 Å². The van der Waals surface area contributed by atoms with Crippen LogP contribution in [-0.4, -0.2) is 22.1 Å². The summed E-state index contributed by atoms with van der Waals surface area (Å²) in [6.07, 6.45) is 2.91. The van der Waals surface area contributed by atoms with Gasteiger partial charge in [0.25, 0.3) is 0 Å². The van der Waals surface area contributed by atoms with Crippen molar-refractivity contribution in [1.29, 1.82) is 0 Å². The number of rotatable bonds is 7. The first-order chi connectivity index (χ1) is 12.1. The van der Waals surface area contributed by atoms with Gasteiger partial charge < -0.3 is 10.3 Å². The first-order valence-electron chi connectivity index (χ1n) is 8.72. The highest BCUT2D eigenvalue weighted by atomic mass is 32.2. The molecule has 2 unspecified atom stereocenters. The van der Waals surface area contributed by atoms with E-state index >= 15 is 0 Å². The molecule has 0 fully saturated rings. The summed E-state index contributed by atoms with van der Waals surface area (Å²) in [5.41, 5.74) is 2.89. The maximum Gasteiger partial charge on any atom is 0.178 e. The van der Waals surface area contributed by atoms with Gasteiger partial charge in [0, 0.05) is 39.3 Å². The SMILES string of the molecule is CCC(C)Nc1ccc(SC(C)C(=O)c2c[nH]c3ccccc23)cc1. The molecule has 0 saturated carbocycles. The van der Waals surface area contributed by atoms with E-state index in [4.69, 9.17) is 0 Å². The van der Waals surface area contributed by atoms with Crippen LogP contribution in [-0.2, 0) is 0 Å². The minimum Gasteiger partial charge on any atom is -0.383 e. The zero-order chi connectivity index (χ0) is 17.8. The number of thioether (sulfide) groups is 1. The molecular formula is C21H24N2OS. The van der Waals surface area contributed by atoms with Crippen molar-refractivity contribution < 1.29 is 4.79 Å². The lowest BCUT2D eigenvalue weighted by Crippen LogP contribution is -2.13. The zero-order valence-corrected chi connectivity index (χ0v) is 15.7. The Morgan fingerprint density at radius 3 is 2.56 bits per heavy atom. The quantitative estimate of drug-likeness (QED) is 0.421. The van der Waals surface area contributed by atoms with Crippen molar-refractivity contribution in [1.82, 2.24) is 4.98 Å². The Labute approximate surface area is 153 Å². The summed E-state index contributed by atoms with van der Waals surface area (Å²) in [6, 6.07) is 16.7. The number of Topliss-reactive ketones (excluding diaryl/α,β-unsaturated/α-hetero) is 1. The van der Waals surface area contributed by atoms with Gasteiger partial charge in [-0.15, -0.1) is 11.8 Å². The number of fused-ring (bicyclic) bond motifs is 1. The lowest BCUT2D eigenvalue weighted by Gasteiger charge is -2.14. The van der Waals surface area contributed by atoms with Gasteiger partial charge in [-0.3, -0.25) is 4.79 Å². The second-order valence-corrected chi connectivity index (χ2v) is 7.76. The second-order valence-electron chi connectivity index (χ2n) is 6.35. The molecule has 0 aliphatic rings. The van der Waals surface area contributed by atoms with Crippen molar-refractivity contribution in [3.05, 3.63) is 60.3 Å². The molecule has 0 aliphatic carbocycles. The van der Waals surface area contributed by atoms with Gasteiger partial charge in [0.1, 0.15) is 0 Å². The fraction of sp³-hybridized carbons (Fsp3) is 0.286. The number of hydrogen-bond acceptors (Lipinski definition) is 3. The Kier molecular flexibility index (Phi) is 5.49. The van der Waals surface area contributed by atoms with E-state index in [1.165, 1.54) is 0 Å². The maximum atomic E-state index is 12.8. The summed E-state index contributed by atoms with van der Waals surface area (Å²) in [4.78, 5) is 17.1. The molecule has 0 amide bonds. The van der Waals surface area contributed by atoms with Crippen LogP contribution in [0.5, 0.6) is 0 Å². The van der Waals surface area contributed by atoms with E-state index in [1.807, 2.05) is 37.4 Å². The Morgan fingerprint density at radius 2 is 1.84 bits per heavy atom. The maximum absolute atomic E-state index is 12.8. The molecule has 2 aromatic carbocycles. The molecule has 0 aliphatic heterocycles. The summed E-state index contributed by atoms with van der Waals surface area (Å²) in [5, 5.41) is 4.32. The number of aromatic nitrogens is 1. The molecule has 0 saturated heterocycles. The lowest BCUT2D eigenvalue weighted by molar-refractivity contribution is 0.0995. The van der Waals surface area contributed by atoms with Crippen molar-refractivity contribution in [2.75, 3.05) is 5.32 Å². The van der Waals surface area contributed by atoms with Gasteiger partial charge in [-0.05, 0) is 50.6 Å². The molecule has 3 aromatic rings. The number of aromatic amines is 1. The average molecular weight is 353 g/mol. The molecule has 0 radical (unpaired) electrons. The molecule has 130 valence electrons. The molecule has 0 spiro atoms. The van der Waals surface area contributed by atoms with Gasteiger partial charge in [0.2, 0.25) is 0 Å². The molecule has 3 rings (SSSR count). The number of benzene rings is 2. The van der Waals surface area contributed by atoms with Crippen molar-refractivity contribution in [3.8, 4) is 0 Å². The highest BCUT2D eigenvalue weighted by Gasteiger charge is 2.19. The average Bonchev–Trinajstić information content (AvgIpc) is 3.06. The largest absolute Gasteiger partial charge is 0.383 e. The third kappa shape index (κ3) is 4.07. The Morgan fingerprint density at radius 1 is 1.12 bits per heavy atom. The van der Waals surface area contributed by atoms with Crippen LogP contribution < -0.4 is 5.32 Å². The molecule has 2 atom stereocenters. The van der Waals surface area contributed by atoms with Crippen LogP contribution in [0.3, 0.4) is 0 Å². The summed E-state index contributed by atoms with van der Waals surface area (Å²) < 4.78 is 0. The van der Waals surface area contributed by atoms with Gasteiger partial charge in [-0.25, -0.2) is 0 Å². The summed E-state index contributed by atoms with van der Waals surface area (Å²) >= 11 is 1.60. The number of hydrogen-bond donors (Lipinski definition) is 2. The molecule has 2 N–H and O–H groups in total. The van der Waals surface area contributed by atoms with E-state index in [0.717, 1.165) is 33.5 Å². The Hall–Kier alpha value is -2.20. The third-order valence-corrected chi connectivity index (χ3v) is 5.53. The van der Waals surface area contributed by atoms with Crippen molar-refractivity contribution >= 4 is 34.1 Å². The van der Waals surface area contributed by atoms with Crippen molar-refractivity contribution in [3.63, 3.8) is 0 Å². The number of nitrogens with one attached hydrogen (secondary N) is 2. The molecule has 1 heterocycles. The number of para-hydroxylation sites is 1. The number of carbonyl (C=O) groups is 1. The van der Waals surface area contributed by atoms with Gasteiger partial charge in [0.15, 0.2) is 5.78 Å². The van der Waals surface area contributed by atoms with Crippen LogP contribution in [0.4, 0.5) is 5.69 Å². The minimum atomic E-state index is -0.132. The smallest absolute Gasteiger partial charge is 0.178 e. The van der Waals surface area contributed by atoms with Crippen LogP contribution in [0.25, 0.3) is 10.9 Å². The van der Waals surface area contributed by atoms with Gasteiger partial charge >= 0.3 is 0 Å². The van der Waals surface area contributed by atoms with E-state index in [0.29, 0.717) is 6.04 Å². The molecule has 3 nitrogen and oxygen atoms in total. The first kappa shape index (κ1) is 17.6. The van der Waals surface area contributed by atoms with Gasteiger partial charge in [-0.2, -0.15) is 0 Å². The van der Waals surface area contributed by atoms with E-state index in [9.17, 15) is 4.79 Å². The third-order valence-electron chi connectivity index (χ3n) is 4.42. The van der Waals surface area contributed by atoms with E-state index < -0.39 is 0 Å². The van der Waals surface area contributed by atoms with Crippen LogP contribution >= 0.6 is 11.8 Å². The highest BCUT2D eigenvalue weighted by molar-refractivity contribution is 8.00. The van der Waals surface area contributed by atoms with Gasteiger partial charge in [-0.1, -0.05) is 25.1 Å². The topological polar surface area (TPSA) is 44.9 Å². The normalized spacial score (nSPS) is 13.6. The number of ketones is 1. The van der Waals surface area contributed by atoms with E-state index in [2.05, 4.69) is 48.4 Å². The fourth-order valence-corrected chi connectivity index (χ4v) is 3.70. The minimum absolute atomic E-state index is 0.132. The van der Waals surface area contributed by atoms with E-state index in [1.54, 1.807) is 11.8 Å². The molecule has 0 bridgehead atoms. The number of carbonyl (C=O) groups excluding carboxylic acids is 1. The number of anilines is 1. The number of H-pyrrole nitrogens is 1. The molecular weight excluding hydrogens is 328 g/mol. The summed E-state index contributed by atoms with van der Waals surface area (Å²) in [5.74, 6) is 0.157. The zero-order valence-electron chi connectivity index (χ0n) is 14.9. The van der Waals surface area contributed by atoms with Crippen LogP contribution in [0.1, 0.15) is 37.6 Å². The van der Waals surface area contributed by atoms with Crippen LogP contribution in [0.15, 0.2) is 59.6 Å². The lowest BCUT2D eigenvalue weighted by atomic mass is 10.1. The highest BCUT2D eigenvalue weighted by Crippen LogP contribution is 2.29. The monoisotopic (exact) mass is 352 g/mol. The van der Waals surface area contributed by atoms with Crippen LogP contribution in [0.2, 0.25) is 0 Å². The summed E-state index contributed by atoms with van der Waals surface area (Å²) in [7, 11) is 0. The van der Waals surface area contributed by atoms with Crippen LogP contribution in [0, 0.1) is 0 Å². The first-order valence-corrected chi connectivity index (χ1v) is 9.60.